The Hall–Kier alpha value is -4.96. The fourth-order valence-electron chi connectivity index (χ4n) is 5.35. The van der Waals surface area contributed by atoms with Crippen molar-refractivity contribution in [1.29, 1.82) is 0 Å². The molecule has 0 unspecified atom stereocenters. The first-order chi connectivity index (χ1) is 20.5. The van der Waals surface area contributed by atoms with Crippen molar-refractivity contribution in [2.24, 2.45) is 0 Å². The number of hydrogen-bond acceptors (Lipinski definition) is 5. The number of carbonyl (C=O) groups is 3. The molecule has 1 saturated heterocycles. The van der Waals surface area contributed by atoms with Crippen molar-refractivity contribution in [3.05, 3.63) is 102 Å². The van der Waals surface area contributed by atoms with Gasteiger partial charge in [0.1, 0.15) is 17.9 Å². The largest absolute Gasteiger partial charge is 0.465 e. The van der Waals surface area contributed by atoms with Crippen molar-refractivity contribution in [2.45, 2.75) is 19.0 Å². The molecule has 0 saturated carbocycles. The van der Waals surface area contributed by atoms with Gasteiger partial charge in [-0.1, -0.05) is 91.0 Å². The molecule has 10 nitrogen and oxygen atoms in total. The first kappa shape index (κ1) is 28.6. The van der Waals surface area contributed by atoms with Crippen molar-refractivity contribution in [1.82, 2.24) is 24.9 Å². The number of aromatic nitrogens is 2. The summed E-state index contributed by atoms with van der Waals surface area (Å²) in [6.45, 7) is 0.162. The van der Waals surface area contributed by atoms with Gasteiger partial charge in [0.15, 0.2) is 0 Å². The number of piperazine rings is 1. The summed E-state index contributed by atoms with van der Waals surface area (Å²) in [6, 6.07) is 28.2. The van der Waals surface area contributed by atoms with Crippen LogP contribution in [0.15, 0.2) is 91.0 Å². The van der Waals surface area contributed by atoms with E-state index >= 15 is 0 Å². The van der Waals surface area contributed by atoms with E-state index in [1.165, 1.54) is 9.58 Å². The highest BCUT2D eigenvalue weighted by Crippen LogP contribution is 2.36. The van der Waals surface area contributed by atoms with Crippen LogP contribution in [-0.2, 0) is 17.8 Å². The normalized spacial score (nSPS) is 14.9. The number of carbonyl (C=O) groups excluding carboxylic acids is 2. The van der Waals surface area contributed by atoms with E-state index in [2.05, 4.69) is 5.32 Å². The Kier molecular flexibility index (Phi) is 8.93. The predicted molar refractivity (Wildman–Crippen MR) is 158 cm³/mol. The summed E-state index contributed by atoms with van der Waals surface area (Å²) in [5.74, 6) is -0.721. The lowest BCUT2D eigenvalue weighted by Crippen LogP contribution is -2.57. The van der Waals surface area contributed by atoms with Crippen molar-refractivity contribution in [3.8, 4) is 22.4 Å². The predicted octanol–water partition coefficient (Wildman–Crippen LogP) is 3.37. The third kappa shape index (κ3) is 6.34. The number of carboxylic acid groups (broad SMARTS) is 1. The van der Waals surface area contributed by atoms with E-state index in [9.17, 15) is 24.6 Å². The summed E-state index contributed by atoms with van der Waals surface area (Å²) in [5, 5.41) is 26.4. The van der Waals surface area contributed by atoms with Gasteiger partial charge in [0.2, 0.25) is 5.91 Å². The molecule has 1 aliphatic heterocycles. The van der Waals surface area contributed by atoms with Crippen LogP contribution in [0.4, 0.5) is 4.79 Å². The van der Waals surface area contributed by atoms with Crippen LogP contribution in [0.25, 0.3) is 22.4 Å². The summed E-state index contributed by atoms with van der Waals surface area (Å²) < 4.78 is 1.43. The average molecular weight is 568 g/mol. The fourth-order valence-corrected chi connectivity index (χ4v) is 5.35. The Morgan fingerprint density at radius 1 is 0.857 bits per heavy atom. The van der Waals surface area contributed by atoms with Crippen LogP contribution in [0.1, 0.15) is 16.1 Å². The van der Waals surface area contributed by atoms with Gasteiger partial charge >= 0.3 is 6.09 Å². The smallest absolute Gasteiger partial charge is 0.407 e. The summed E-state index contributed by atoms with van der Waals surface area (Å²) in [4.78, 5) is 42.5. The molecule has 1 aromatic heterocycles. The van der Waals surface area contributed by atoms with Crippen molar-refractivity contribution in [2.75, 3.05) is 32.8 Å². The summed E-state index contributed by atoms with van der Waals surface area (Å²) in [5.41, 5.74) is 3.95. The Bertz CT molecular complexity index is 1530. The molecular formula is C32H33N5O5. The molecule has 0 radical (unpaired) electrons. The highest BCUT2D eigenvalue weighted by atomic mass is 16.4. The van der Waals surface area contributed by atoms with Gasteiger partial charge in [0.25, 0.3) is 5.91 Å². The third-order valence-electron chi connectivity index (χ3n) is 7.32. The van der Waals surface area contributed by atoms with Gasteiger partial charge in [0, 0.05) is 37.3 Å². The van der Waals surface area contributed by atoms with Gasteiger partial charge in [-0.2, -0.15) is 5.10 Å². The van der Waals surface area contributed by atoms with Crippen LogP contribution in [0.3, 0.4) is 0 Å². The average Bonchev–Trinajstić information content (AvgIpc) is 3.40. The molecule has 0 spiro atoms. The number of rotatable bonds is 9. The van der Waals surface area contributed by atoms with Crippen molar-refractivity contribution in [3.63, 3.8) is 0 Å². The van der Waals surface area contributed by atoms with Crippen LogP contribution in [0.2, 0.25) is 0 Å². The Morgan fingerprint density at radius 3 is 2.10 bits per heavy atom. The monoisotopic (exact) mass is 567 g/mol. The van der Waals surface area contributed by atoms with E-state index in [1.807, 2.05) is 91.0 Å². The summed E-state index contributed by atoms with van der Waals surface area (Å²) in [6.07, 6.45) is -0.560. The number of nitrogens with zero attached hydrogens (tertiary/aromatic N) is 4. The first-order valence-electron chi connectivity index (χ1n) is 13.9. The van der Waals surface area contributed by atoms with Gasteiger partial charge in [-0.05, 0) is 17.5 Å². The minimum atomic E-state index is -1.03. The number of benzene rings is 3. The van der Waals surface area contributed by atoms with E-state index in [4.69, 9.17) is 5.10 Å². The van der Waals surface area contributed by atoms with E-state index in [1.54, 1.807) is 4.90 Å². The van der Waals surface area contributed by atoms with Crippen LogP contribution < -0.4 is 5.32 Å². The highest BCUT2D eigenvalue weighted by Gasteiger charge is 2.37. The van der Waals surface area contributed by atoms with Crippen molar-refractivity contribution >= 4 is 17.9 Å². The fraction of sp³-hybridized carbons (Fsp3) is 0.250. The zero-order chi connectivity index (χ0) is 29.5. The number of amides is 3. The van der Waals surface area contributed by atoms with E-state index in [-0.39, 0.29) is 50.9 Å². The lowest BCUT2D eigenvalue weighted by molar-refractivity contribution is -0.122. The molecule has 5 rings (SSSR count). The second-order valence-corrected chi connectivity index (χ2v) is 10.1. The van der Waals surface area contributed by atoms with Gasteiger partial charge in [-0.3, -0.25) is 9.59 Å². The van der Waals surface area contributed by atoms with Crippen LogP contribution >= 0.6 is 0 Å². The molecule has 0 aliphatic carbocycles. The topological polar surface area (TPSA) is 128 Å². The summed E-state index contributed by atoms with van der Waals surface area (Å²) >= 11 is 0. The molecule has 1 aliphatic rings. The molecule has 3 N–H and O–H groups in total. The van der Waals surface area contributed by atoms with Crippen LogP contribution in [-0.4, -0.2) is 86.5 Å². The Balaban J connectivity index is 1.63. The molecule has 2 heterocycles. The minimum Gasteiger partial charge on any atom is -0.465 e. The van der Waals surface area contributed by atoms with Crippen LogP contribution in [0.5, 0.6) is 0 Å². The molecular weight excluding hydrogens is 534 g/mol. The van der Waals surface area contributed by atoms with Gasteiger partial charge in [0.05, 0.1) is 12.6 Å². The Morgan fingerprint density at radius 2 is 1.48 bits per heavy atom. The maximum atomic E-state index is 14.7. The lowest BCUT2D eigenvalue weighted by atomic mass is 9.97. The highest BCUT2D eigenvalue weighted by molar-refractivity contribution is 6.03. The van der Waals surface area contributed by atoms with Gasteiger partial charge < -0.3 is 25.3 Å². The second-order valence-electron chi connectivity index (χ2n) is 10.1. The molecule has 10 heteroatoms. The first-order valence-corrected chi connectivity index (χ1v) is 13.9. The molecule has 0 bridgehead atoms. The van der Waals surface area contributed by atoms with Gasteiger partial charge in [-0.15, -0.1) is 0 Å². The number of aliphatic hydroxyl groups is 1. The number of nitrogens with one attached hydrogen (secondary N) is 1. The zero-order valence-electron chi connectivity index (χ0n) is 23.1. The Labute approximate surface area is 243 Å². The third-order valence-corrected chi connectivity index (χ3v) is 7.32. The maximum Gasteiger partial charge on any atom is 0.407 e. The zero-order valence-corrected chi connectivity index (χ0v) is 23.1. The maximum absolute atomic E-state index is 14.7. The molecule has 4 aromatic rings. The number of hydrogen-bond donors (Lipinski definition) is 3. The SMILES string of the molecule is O=C(Cn1nc(-c2ccccc2)c(-c2ccccc2)c1C(=O)N1CCN(C(=O)O)C[C@H]1Cc1ccccc1)NCCO. The molecule has 216 valence electrons. The van der Waals surface area contributed by atoms with Crippen LogP contribution in [0, 0.1) is 0 Å². The van der Waals surface area contributed by atoms with E-state index in [0.29, 0.717) is 17.7 Å². The second kappa shape index (κ2) is 13.1. The molecule has 3 aromatic carbocycles. The van der Waals surface area contributed by atoms with Gasteiger partial charge in [-0.25, -0.2) is 9.48 Å². The lowest BCUT2D eigenvalue weighted by Gasteiger charge is -2.40. The molecule has 1 atom stereocenters. The molecule has 1 fully saturated rings. The standard InChI is InChI=1S/C32H33N5O5/c38-19-16-33-27(39)22-37-30(28(24-12-6-2-7-13-24)29(34-37)25-14-8-3-9-15-25)31(40)36-18-17-35(32(41)42)21-26(36)20-23-10-4-1-5-11-23/h1-15,26,38H,16-22H2,(H,33,39)(H,41,42)/t26-/m1/s1. The minimum absolute atomic E-state index is 0.0801. The quantitative estimate of drug-likeness (QED) is 0.285. The number of aliphatic hydroxyl groups excluding tert-OH is 1. The van der Waals surface area contributed by atoms with E-state index < -0.39 is 18.0 Å². The molecule has 42 heavy (non-hydrogen) atoms. The van der Waals surface area contributed by atoms with E-state index in [0.717, 1.165) is 16.7 Å². The summed E-state index contributed by atoms with van der Waals surface area (Å²) in [7, 11) is 0. The molecule has 3 amide bonds. The van der Waals surface area contributed by atoms with Crippen molar-refractivity contribution < 1.29 is 24.6 Å².